The van der Waals surface area contributed by atoms with Crippen molar-refractivity contribution in [2.45, 2.75) is 6.54 Å². The van der Waals surface area contributed by atoms with Gasteiger partial charge in [0.1, 0.15) is 29.8 Å². The third-order valence-corrected chi connectivity index (χ3v) is 6.59. The number of halogens is 2. The second-order valence-corrected chi connectivity index (χ2v) is 9.20. The molecule has 0 aliphatic carbocycles. The van der Waals surface area contributed by atoms with Crippen LogP contribution in [0.3, 0.4) is 0 Å². The number of aromatic hydroxyl groups is 1. The van der Waals surface area contributed by atoms with Gasteiger partial charge >= 0.3 is 0 Å². The van der Waals surface area contributed by atoms with Gasteiger partial charge in [-0.05, 0) is 42.0 Å². The lowest BCUT2D eigenvalue weighted by Crippen LogP contribution is -2.41. The lowest BCUT2D eigenvalue weighted by Gasteiger charge is -2.26. The third kappa shape index (κ3) is 5.66. The number of carbonyl (C=O) groups excluding carboxylic acids is 1. The number of fused-ring (bicyclic) bond motifs is 1. The minimum atomic E-state index is -1.03. The fourth-order valence-corrected chi connectivity index (χ4v) is 4.56. The second kappa shape index (κ2) is 11.6. The predicted octanol–water partition coefficient (Wildman–Crippen LogP) is 5.65. The number of carbonyl (C=O) groups is 1. The van der Waals surface area contributed by atoms with Gasteiger partial charge in [-0.25, -0.2) is 18.7 Å². The van der Waals surface area contributed by atoms with Crippen molar-refractivity contribution in [2.24, 2.45) is 0 Å². The molecule has 5 rings (SSSR count). The van der Waals surface area contributed by atoms with Crippen LogP contribution in [0.2, 0.25) is 0 Å². The van der Waals surface area contributed by atoms with Gasteiger partial charge in [0.25, 0.3) is 5.91 Å². The summed E-state index contributed by atoms with van der Waals surface area (Å²) in [7, 11) is 1.58. The van der Waals surface area contributed by atoms with Gasteiger partial charge in [-0.15, -0.1) is 0 Å². The number of benzene rings is 1. The van der Waals surface area contributed by atoms with Crippen molar-refractivity contribution >= 4 is 39.6 Å². The van der Waals surface area contributed by atoms with E-state index < -0.39 is 17.2 Å². The zero-order chi connectivity index (χ0) is 29.1. The molecule has 1 aliphatic rings. The Hall–Kier alpha value is -5.03. The number of rotatable bonds is 9. The average Bonchev–Trinajstić information content (AvgIpc) is 3.28. The van der Waals surface area contributed by atoms with E-state index in [1.807, 2.05) is 12.1 Å². The van der Waals surface area contributed by atoms with Crippen LogP contribution in [0.25, 0.3) is 16.5 Å². The fourth-order valence-electron chi connectivity index (χ4n) is 4.56. The summed E-state index contributed by atoms with van der Waals surface area (Å²) in [6.45, 7) is 7.77. The minimum Gasteiger partial charge on any atom is -0.497 e. The Labute approximate surface area is 234 Å². The summed E-state index contributed by atoms with van der Waals surface area (Å²) in [5.41, 5.74) is 1.55. The molecule has 210 valence electrons. The highest BCUT2D eigenvalue weighted by Gasteiger charge is 2.22. The van der Waals surface area contributed by atoms with Crippen LogP contribution in [0.15, 0.2) is 85.7 Å². The van der Waals surface area contributed by atoms with E-state index in [-0.39, 0.29) is 29.6 Å². The van der Waals surface area contributed by atoms with Gasteiger partial charge in [0, 0.05) is 12.7 Å². The number of methoxy groups -OCH3 is 1. The molecular weight excluding hydrogens is 532 g/mol. The number of hydrogen-bond donors (Lipinski definition) is 2. The maximum absolute atomic E-state index is 14.7. The molecule has 1 amide bonds. The number of nitrogens with zero attached hydrogens (tertiary/aromatic N) is 4. The third-order valence-electron chi connectivity index (χ3n) is 6.59. The first-order valence-electron chi connectivity index (χ1n) is 12.6. The van der Waals surface area contributed by atoms with Gasteiger partial charge in [-0.2, -0.15) is 0 Å². The molecule has 3 aromatic heterocycles. The van der Waals surface area contributed by atoms with Gasteiger partial charge in [-0.3, -0.25) is 4.79 Å². The van der Waals surface area contributed by atoms with Gasteiger partial charge in [0.2, 0.25) is 5.88 Å². The number of anilines is 3. The van der Waals surface area contributed by atoms with Crippen LogP contribution < -0.4 is 15.0 Å². The molecule has 41 heavy (non-hydrogen) atoms. The van der Waals surface area contributed by atoms with Crippen molar-refractivity contribution in [3.8, 4) is 11.6 Å². The highest BCUT2D eigenvalue weighted by molar-refractivity contribution is 6.00. The van der Waals surface area contributed by atoms with Crippen LogP contribution in [-0.4, -0.2) is 52.4 Å². The van der Waals surface area contributed by atoms with Crippen molar-refractivity contribution in [2.75, 3.05) is 37.1 Å². The zero-order valence-corrected chi connectivity index (χ0v) is 22.2. The van der Waals surface area contributed by atoms with Crippen molar-refractivity contribution < 1.29 is 28.2 Å². The summed E-state index contributed by atoms with van der Waals surface area (Å²) in [4.78, 5) is 22.6. The smallest absolute Gasteiger partial charge is 0.253 e. The Kier molecular flexibility index (Phi) is 7.79. The molecule has 0 saturated carbocycles. The number of hydrogen-bond acceptors (Lipinski definition) is 7. The standard InChI is InChI=1S/C30H27F2N5O4/c1-4-22(32)28(18(2)31)23-13-24(35-26-10-7-20(14-33-26)37-11-12-41-17-27(37)38)29-25(34-23)16-36(30(29)39)15-19-5-8-21(40-3)9-6-19/h4-10,13-14,16,39H,1-2,11-12,15,17H2,3H3,(H,33,35). The molecule has 2 N–H and O–H groups in total. The number of ether oxygens (including phenoxy) is 2. The summed E-state index contributed by atoms with van der Waals surface area (Å²) in [6.07, 6.45) is 4.00. The maximum atomic E-state index is 14.7. The molecule has 0 atom stereocenters. The Bertz CT molecular complexity index is 1660. The first-order chi connectivity index (χ1) is 19.8. The summed E-state index contributed by atoms with van der Waals surface area (Å²) in [6, 6.07) is 12.1. The van der Waals surface area contributed by atoms with Crippen LogP contribution in [0, 0.1) is 0 Å². The lowest BCUT2D eigenvalue weighted by atomic mass is 10.1. The van der Waals surface area contributed by atoms with Crippen molar-refractivity contribution in [3.05, 3.63) is 97.0 Å². The van der Waals surface area contributed by atoms with Crippen molar-refractivity contribution in [1.82, 2.24) is 14.5 Å². The van der Waals surface area contributed by atoms with E-state index in [2.05, 4.69) is 28.4 Å². The van der Waals surface area contributed by atoms with E-state index in [9.17, 15) is 18.7 Å². The number of morpholine rings is 1. The topological polar surface area (TPSA) is 102 Å². The van der Waals surface area contributed by atoms with Crippen molar-refractivity contribution in [3.63, 3.8) is 0 Å². The molecule has 1 saturated heterocycles. The number of pyridine rings is 2. The molecule has 4 heterocycles. The van der Waals surface area contributed by atoms with E-state index in [0.717, 1.165) is 11.6 Å². The Morgan fingerprint density at radius 1 is 1.24 bits per heavy atom. The summed E-state index contributed by atoms with van der Waals surface area (Å²) < 4.78 is 41.0. The molecule has 4 aromatic rings. The Morgan fingerprint density at radius 2 is 2.02 bits per heavy atom. The quantitative estimate of drug-likeness (QED) is 0.256. The normalized spacial score (nSPS) is 14.1. The van der Waals surface area contributed by atoms with Crippen LogP contribution in [0.5, 0.6) is 11.6 Å². The van der Waals surface area contributed by atoms with Crippen LogP contribution in [0.4, 0.5) is 26.0 Å². The molecule has 1 aromatic carbocycles. The average molecular weight is 560 g/mol. The molecule has 1 fully saturated rings. The molecule has 0 bridgehead atoms. The maximum Gasteiger partial charge on any atom is 0.253 e. The molecule has 0 unspecified atom stereocenters. The number of aromatic nitrogens is 3. The Morgan fingerprint density at radius 3 is 2.66 bits per heavy atom. The van der Waals surface area contributed by atoms with Gasteiger partial charge < -0.3 is 29.4 Å². The van der Waals surface area contributed by atoms with Crippen LogP contribution in [0.1, 0.15) is 11.3 Å². The summed E-state index contributed by atoms with van der Waals surface area (Å²) >= 11 is 0. The SMILES string of the molecule is C=CC(F)=C(C(=C)F)c1cc(Nc2ccc(N3CCOCC3=O)cn2)c2c(O)n(Cc3ccc(OC)cc3)cc2n1. The zero-order valence-electron chi connectivity index (χ0n) is 22.2. The number of allylic oxidation sites excluding steroid dienone is 4. The highest BCUT2D eigenvalue weighted by atomic mass is 19.1. The number of amides is 1. The first kappa shape index (κ1) is 27.5. The Balaban J connectivity index is 1.57. The molecule has 9 nitrogen and oxygen atoms in total. The minimum absolute atomic E-state index is 0.00154. The number of nitrogens with one attached hydrogen (secondary N) is 1. The predicted molar refractivity (Wildman–Crippen MR) is 153 cm³/mol. The second-order valence-electron chi connectivity index (χ2n) is 9.20. The molecule has 0 spiro atoms. The van der Waals surface area contributed by atoms with Crippen molar-refractivity contribution in [1.29, 1.82) is 0 Å². The summed E-state index contributed by atoms with van der Waals surface area (Å²) in [5.74, 6) is -1.18. The van der Waals surface area contributed by atoms with Crippen LogP contribution in [-0.2, 0) is 16.1 Å². The van der Waals surface area contributed by atoms with Gasteiger partial charge in [0.15, 0.2) is 0 Å². The lowest BCUT2D eigenvalue weighted by molar-refractivity contribution is -0.125. The molecule has 1 aliphatic heterocycles. The van der Waals surface area contributed by atoms with E-state index >= 15 is 0 Å². The van der Waals surface area contributed by atoms with E-state index in [4.69, 9.17) is 9.47 Å². The fraction of sp³-hybridized carbons (Fsp3) is 0.167. The van der Waals surface area contributed by atoms with Crippen LogP contribution >= 0.6 is 0 Å². The molecular formula is C30H27F2N5O4. The summed E-state index contributed by atoms with van der Waals surface area (Å²) in [5, 5.41) is 14.7. The van der Waals surface area contributed by atoms with Gasteiger partial charge in [-0.1, -0.05) is 25.3 Å². The molecule has 0 radical (unpaired) electrons. The van der Waals surface area contributed by atoms with E-state index in [1.165, 1.54) is 12.3 Å². The monoisotopic (exact) mass is 559 g/mol. The van der Waals surface area contributed by atoms with E-state index in [1.54, 1.807) is 47.0 Å². The highest BCUT2D eigenvalue weighted by Crippen LogP contribution is 2.38. The van der Waals surface area contributed by atoms with Gasteiger partial charge in [0.05, 0.1) is 60.0 Å². The largest absolute Gasteiger partial charge is 0.497 e. The van der Waals surface area contributed by atoms with E-state index in [0.29, 0.717) is 48.0 Å². The molecule has 11 heteroatoms. The first-order valence-corrected chi connectivity index (χ1v) is 12.6.